The molecule has 0 unspecified atom stereocenters. The first kappa shape index (κ1) is 18.6. The molecular weight excluding hydrogens is 332 g/mol. The molecule has 0 saturated heterocycles. The van der Waals surface area contributed by atoms with Crippen LogP contribution in [0.5, 0.6) is 0 Å². The average molecular weight is 358 g/mol. The van der Waals surface area contributed by atoms with Gasteiger partial charge >= 0.3 is 0 Å². The van der Waals surface area contributed by atoms with Gasteiger partial charge < -0.3 is 20.5 Å². The molecule has 1 aromatic carbocycles. The van der Waals surface area contributed by atoms with Crippen LogP contribution in [-0.2, 0) is 14.3 Å². The molecule has 2 aliphatic rings. The molecule has 0 aromatic heterocycles. The third-order valence-electron chi connectivity index (χ3n) is 4.78. The molecule has 3 rings (SSSR count). The molecule has 26 heavy (non-hydrogen) atoms. The standard InChI is InChI=1S/C20H26N2O4/c1-13(14-5-3-2-4-6-14)21-19(24)11-16-9-10-17(18(12-23)26-16)22-20(25)15-7-8-15/h2-6,9-10,13,15-18,23H,7-8,11-12H2,1H3,(H,21,24)(H,22,25)/t13-,16+,17+,18+/m0/s1. The summed E-state index contributed by atoms with van der Waals surface area (Å²) in [5.41, 5.74) is 1.04. The van der Waals surface area contributed by atoms with Crippen molar-refractivity contribution in [2.24, 2.45) is 5.92 Å². The van der Waals surface area contributed by atoms with Gasteiger partial charge in [0, 0.05) is 5.92 Å². The molecular formula is C20H26N2O4. The summed E-state index contributed by atoms with van der Waals surface area (Å²) >= 11 is 0. The Bertz CT molecular complexity index is 657. The summed E-state index contributed by atoms with van der Waals surface area (Å²) in [7, 11) is 0. The molecule has 140 valence electrons. The van der Waals surface area contributed by atoms with Gasteiger partial charge in [-0.05, 0) is 25.3 Å². The fourth-order valence-corrected chi connectivity index (χ4v) is 3.07. The number of hydrogen-bond acceptors (Lipinski definition) is 4. The van der Waals surface area contributed by atoms with E-state index in [1.807, 2.05) is 43.3 Å². The molecule has 2 amide bonds. The predicted molar refractivity (Wildman–Crippen MR) is 97.2 cm³/mol. The monoisotopic (exact) mass is 358 g/mol. The fraction of sp³-hybridized carbons (Fsp3) is 0.500. The number of carbonyl (C=O) groups is 2. The van der Waals surface area contributed by atoms with Gasteiger partial charge in [-0.2, -0.15) is 0 Å². The van der Waals surface area contributed by atoms with Crippen LogP contribution in [0.15, 0.2) is 42.5 Å². The van der Waals surface area contributed by atoms with Gasteiger partial charge in [-0.3, -0.25) is 9.59 Å². The highest BCUT2D eigenvalue weighted by Crippen LogP contribution is 2.29. The summed E-state index contributed by atoms with van der Waals surface area (Å²) < 4.78 is 5.79. The first-order valence-corrected chi connectivity index (χ1v) is 9.16. The van der Waals surface area contributed by atoms with Crippen LogP contribution < -0.4 is 10.6 Å². The number of rotatable bonds is 7. The van der Waals surface area contributed by atoms with Crippen LogP contribution in [0.25, 0.3) is 0 Å². The quantitative estimate of drug-likeness (QED) is 0.644. The first-order valence-electron chi connectivity index (χ1n) is 9.16. The lowest BCUT2D eigenvalue weighted by Crippen LogP contribution is -2.49. The van der Waals surface area contributed by atoms with E-state index in [0.29, 0.717) is 0 Å². The number of ether oxygens (including phenoxy) is 1. The number of aliphatic hydroxyl groups excluding tert-OH is 1. The molecule has 1 aliphatic carbocycles. The number of carbonyl (C=O) groups excluding carboxylic acids is 2. The first-order chi connectivity index (χ1) is 12.6. The van der Waals surface area contributed by atoms with Crippen molar-refractivity contribution in [3.8, 4) is 0 Å². The molecule has 3 N–H and O–H groups in total. The lowest BCUT2D eigenvalue weighted by atomic mass is 10.0. The number of aliphatic hydroxyl groups is 1. The van der Waals surface area contributed by atoms with Gasteiger partial charge in [0.15, 0.2) is 0 Å². The highest BCUT2D eigenvalue weighted by atomic mass is 16.5. The summed E-state index contributed by atoms with van der Waals surface area (Å²) in [6.07, 6.45) is 4.69. The van der Waals surface area contributed by atoms with E-state index < -0.39 is 12.2 Å². The van der Waals surface area contributed by atoms with Crippen LogP contribution in [-0.4, -0.2) is 41.8 Å². The number of amides is 2. The third kappa shape index (κ3) is 4.93. The fourth-order valence-electron chi connectivity index (χ4n) is 3.07. The van der Waals surface area contributed by atoms with Crippen LogP contribution in [0.1, 0.15) is 37.8 Å². The third-order valence-corrected chi connectivity index (χ3v) is 4.78. The van der Waals surface area contributed by atoms with Gasteiger partial charge in [0.2, 0.25) is 11.8 Å². The normalized spacial score (nSPS) is 26.2. The number of benzene rings is 1. The minimum Gasteiger partial charge on any atom is -0.394 e. The summed E-state index contributed by atoms with van der Waals surface area (Å²) in [4.78, 5) is 24.2. The summed E-state index contributed by atoms with van der Waals surface area (Å²) in [6.45, 7) is 1.73. The van der Waals surface area contributed by atoms with Gasteiger partial charge in [0.05, 0.1) is 31.2 Å². The van der Waals surface area contributed by atoms with Crippen LogP contribution in [0.4, 0.5) is 0 Å². The second kappa shape index (κ2) is 8.47. The molecule has 1 aliphatic heterocycles. The van der Waals surface area contributed by atoms with Crippen molar-refractivity contribution in [3.05, 3.63) is 48.0 Å². The zero-order valence-electron chi connectivity index (χ0n) is 14.9. The molecule has 6 heteroatoms. The van der Waals surface area contributed by atoms with Crippen LogP contribution in [0, 0.1) is 5.92 Å². The highest BCUT2D eigenvalue weighted by molar-refractivity contribution is 5.81. The van der Waals surface area contributed by atoms with Crippen molar-refractivity contribution in [1.82, 2.24) is 10.6 Å². The van der Waals surface area contributed by atoms with E-state index in [2.05, 4.69) is 10.6 Å². The van der Waals surface area contributed by atoms with Gasteiger partial charge in [0.1, 0.15) is 6.10 Å². The van der Waals surface area contributed by atoms with Gasteiger partial charge in [-0.15, -0.1) is 0 Å². The van der Waals surface area contributed by atoms with Gasteiger partial charge in [-0.1, -0.05) is 42.5 Å². The largest absolute Gasteiger partial charge is 0.394 e. The van der Waals surface area contributed by atoms with Crippen molar-refractivity contribution in [3.63, 3.8) is 0 Å². The van der Waals surface area contributed by atoms with Crippen LogP contribution >= 0.6 is 0 Å². The van der Waals surface area contributed by atoms with Crippen molar-refractivity contribution in [2.45, 2.75) is 50.5 Å². The molecule has 0 spiro atoms. The highest BCUT2D eigenvalue weighted by Gasteiger charge is 2.34. The second-order valence-corrected chi connectivity index (χ2v) is 6.99. The Morgan fingerprint density at radius 1 is 1.23 bits per heavy atom. The topological polar surface area (TPSA) is 87.7 Å². The van der Waals surface area contributed by atoms with E-state index in [9.17, 15) is 14.7 Å². The molecule has 1 heterocycles. The van der Waals surface area contributed by atoms with E-state index in [1.54, 1.807) is 6.08 Å². The summed E-state index contributed by atoms with van der Waals surface area (Å²) in [5.74, 6) is -0.00606. The zero-order chi connectivity index (χ0) is 18.5. The Labute approximate surface area is 153 Å². The average Bonchev–Trinajstić information content (AvgIpc) is 3.48. The lowest BCUT2D eigenvalue weighted by Gasteiger charge is -2.32. The SMILES string of the molecule is C[C@H](NC(=O)C[C@H]1C=C[C@@H](NC(=O)C2CC2)[C@@H](CO)O1)c1ccccc1. The van der Waals surface area contributed by atoms with Gasteiger partial charge in [-0.25, -0.2) is 0 Å². The number of hydrogen-bond donors (Lipinski definition) is 3. The van der Waals surface area contributed by atoms with Crippen molar-refractivity contribution < 1.29 is 19.4 Å². The van der Waals surface area contributed by atoms with E-state index in [0.717, 1.165) is 18.4 Å². The van der Waals surface area contributed by atoms with Crippen molar-refractivity contribution in [2.75, 3.05) is 6.61 Å². The van der Waals surface area contributed by atoms with E-state index in [1.165, 1.54) is 0 Å². The lowest BCUT2D eigenvalue weighted by molar-refractivity contribution is -0.129. The van der Waals surface area contributed by atoms with E-state index in [4.69, 9.17) is 4.74 Å². The molecule has 1 fully saturated rings. The smallest absolute Gasteiger partial charge is 0.223 e. The molecule has 4 atom stereocenters. The number of nitrogens with one attached hydrogen (secondary N) is 2. The molecule has 1 aromatic rings. The van der Waals surface area contributed by atoms with E-state index in [-0.39, 0.29) is 42.8 Å². The Balaban J connectivity index is 1.51. The maximum absolute atomic E-state index is 12.3. The van der Waals surface area contributed by atoms with Crippen molar-refractivity contribution in [1.29, 1.82) is 0 Å². The van der Waals surface area contributed by atoms with Crippen molar-refractivity contribution >= 4 is 11.8 Å². The van der Waals surface area contributed by atoms with Crippen LogP contribution in [0.2, 0.25) is 0 Å². The maximum Gasteiger partial charge on any atom is 0.223 e. The Morgan fingerprint density at radius 2 is 1.96 bits per heavy atom. The summed E-state index contributed by atoms with van der Waals surface area (Å²) in [6, 6.07) is 9.31. The second-order valence-electron chi connectivity index (χ2n) is 6.99. The molecule has 0 radical (unpaired) electrons. The minimum absolute atomic E-state index is 0.00887. The Kier molecular flexibility index (Phi) is 6.06. The zero-order valence-corrected chi connectivity index (χ0v) is 14.9. The summed E-state index contributed by atoms with van der Waals surface area (Å²) in [5, 5.41) is 15.4. The van der Waals surface area contributed by atoms with E-state index >= 15 is 0 Å². The molecule has 0 bridgehead atoms. The van der Waals surface area contributed by atoms with Crippen LogP contribution in [0.3, 0.4) is 0 Å². The Morgan fingerprint density at radius 3 is 2.62 bits per heavy atom. The van der Waals surface area contributed by atoms with Gasteiger partial charge in [0.25, 0.3) is 0 Å². The molecule has 1 saturated carbocycles. The predicted octanol–water partition coefficient (Wildman–Crippen LogP) is 1.46. The minimum atomic E-state index is -0.535. The Hall–Kier alpha value is -2.18. The molecule has 6 nitrogen and oxygen atoms in total. The maximum atomic E-state index is 12.3.